The van der Waals surface area contributed by atoms with Gasteiger partial charge in [-0.15, -0.1) is 0 Å². The Morgan fingerprint density at radius 3 is 2.80 bits per heavy atom. The van der Waals surface area contributed by atoms with Crippen LogP contribution in [0, 0.1) is 6.92 Å². The second kappa shape index (κ2) is 6.27. The fraction of sp³-hybridized carbons (Fsp3) is 0.562. The van der Waals surface area contributed by atoms with Crippen molar-refractivity contribution >= 4 is 11.6 Å². The largest absolute Gasteiger partial charge is 0.388 e. The highest BCUT2D eigenvalue weighted by atomic mass is 16.2. The van der Waals surface area contributed by atoms with Crippen LogP contribution in [-0.2, 0) is 0 Å². The van der Waals surface area contributed by atoms with Gasteiger partial charge in [0.15, 0.2) is 0 Å². The van der Waals surface area contributed by atoms with Crippen LogP contribution in [0.5, 0.6) is 0 Å². The minimum Gasteiger partial charge on any atom is -0.388 e. The Balaban J connectivity index is 2.04. The second-order valence-electron chi connectivity index (χ2n) is 5.74. The van der Waals surface area contributed by atoms with Crippen LogP contribution in [0.1, 0.15) is 28.8 Å². The summed E-state index contributed by atoms with van der Waals surface area (Å²) in [6, 6.07) is 6.33. The van der Waals surface area contributed by atoms with E-state index in [1.807, 2.05) is 44.1 Å². The third-order valence-corrected chi connectivity index (χ3v) is 4.25. The first kappa shape index (κ1) is 14.9. The number of hydrogen-bond donors (Lipinski definition) is 1. The number of hydrogen-bond acceptors (Lipinski definition) is 3. The molecular formula is C16H25N3O. The molecule has 1 fully saturated rings. The molecule has 1 aliphatic heterocycles. The third kappa shape index (κ3) is 3.12. The van der Waals surface area contributed by atoms with Gasteiger partial charge in [-0.05, 0) is 57.1 Å². The number of benzene rings is 1. The zero-order valence-corrected chi connectivity index (χ0v) is 12.9. The van der Waals surface area contributed by atoms with Gasteiger partial charge >= 0.3 is 0 Å². The SMILES string of the molecule is CNc1ccc(C(=O)N(C)CC2CCCN2C)cc1C. The summed E-state index contributed by atoms with van der Waals surface area (Å²) < 4.78 is 0. The number of carbonyl (C=O) groups is 1. The highest BCUT2D eigenvalue weighted by molar-refractivity contribution is 5.94. The van der Waals surface area contributed by atoms with E-state index in [1.165, 1.54) is 12.8 Å². The van der Waals surface area contributed by atoms with Gasteiger partial charge in [-0.2, -0.15) is 0 Å². The molecule has 1 aliphatic rings. The maximum absolute atomic E-state index is 12.5. The van der Waals surface area contributed by atoms with E-state index < -0.39 is 0 Å². The number of rotatable bonds is 4. The van der Waals surface area contributed by atoms with E-state index in [0.717, 1.165) is 29.9 Å². The quantitative estimate of drug-likeness (QED) is 0.915. The van der Waals surface area contributed by atoms with Crippen molar-refractivity contribution in [3.63, 3.8) is 0 Å². The first-order valence-electron chi connectivity index (χ1n) is 7.27. The van der Waals surface area contributed by atoms with E-state index >= 15 is 0 Å². The lowest BCUT2D eigenvalue weighted by atomic mass is 10.1. The normalized spacial score (nSPS) is 19.1. The van der Waals surface area contributed by atoms with Crippen LogP contribution in [-0.4, -0.2) is 56.0 Å². The molecule has 1 atom stereocenters. The van der Waals surface area contributed by atoms with Crippen molar-refractivity contribution in [1.82, 2.24) is 9.80 Å². The first-order valence-corrected chi connectivity index (χ1v) is 7.27. The molecule has 0 spiro atoms. The smallest absolute Gasteiger partial charge is 0.253 e. The lowest BCUT2D eigenvalue weighted by Crippen LogP contribution is -2.39. The number of amides is 1. The Morgan fingerprint density at radius 1 is 1.50 bits per heavy atom. The Labute approximate surface area is 121 Å². The zero-order chi connectivity index (χ0) is 14.7. The number of likely N-dealkylation sites (tertiary alicyclic amines) is 1. The maximum atomic E-state index is 12.5. The van der Waals surface area contributed by atoms with E-state index in [1.54, 1.807) is 0 Å². The number of likely N-dealkylation sites (N-methyl/N-ethyl adjacent to an activating group) is 2. The van der Waals surface area contributed by atoms with E-state index in [0.29, 0.717) is 6.04 Å². The lowest BCUT2D eigenvalue weighted by Gasteiger charge is -2.26. The monoisotopic (exact) mass is 275 g/mol. The summed E-state index contributed by atoms with van der Waals surface area (Å²) in [5, 5.41) is 3.12. The molecule has 2 rings (SSSR count). The summed E-state index contributed by atoms with van der Waals surface area (Å²) in [7, 11) is 5.93. The van der Waals surface area contributed by atoms with Crippen molar-refractivity contribution in [3.8, 4) is 0 Å². The molecule has 110 valence electrons. The topological polar surface area (TPSA) is 35.6 Å². The van der Waals surface area contributed by atoms with E-state index in [9.17, 15) is 4.79 Å². The van der Waals surface area contributed by atoms with Gasteiger partial charge in [-0.1, -0.05) is 0 Å². The molecule has 1 N–H and O–H groups in total. The molecule has 0 saturated carbocycles. The number of anilines is 1. The molecule has 0 aliphatic carbocycles. The Kier molecular flexibility index (Phi) is 4.65. The molecule has 1 heterocycles. The van der Waals surface area contributed by atoms with Crippen molar-refractivity contribution in [2.75, 3.05) is 39.5 Å². The average molecular weight is 275 g/mol. The van der Waals surface area contributed by atoms with Gasteiger partial charge in [0, 0.05) is 37.9 Å². The maximum Gasteiger partial charge on any atom is 0.253 e. The van der Waals surface area contributed by atoms with E-state index in [2.05, 4.69) is 17.3 Å². The van der Waals surface area contributed by atoms with E-state index in [4.69, 9.17) is 0 Å². The predicted molar refractivity (Wildman–Crippen MR) is 83.3 cm³/mol. The highest BCUT2D eigenvalue weighted by Gasteiger charge is 2.24. The highest BCUT2D eigenvalue weighted by Crippen LogP contribution is 2.19. The predicted octanol–water partition coefficient (Wildman–Crippen LogP) is 2.20. The fourth-order valence-corrected chi connectivity index (χ4v) is 2.91. The molecular weight excluding hydrogens is 250 g/mol. The summed E-state index contributed by atoms with van der Waals surface area (Å²) in [6.45, 7) is 3.97. The molecule has 1 amide bonds. The third-order valence-electron chi connectivity index (χ3n) is 4.25. The fourth-order valence-electron chi connectivity index (χ4n) is 2.91. The Bertz CT molecular complexity index is 487. The van der Waals surface area contributed by atoms with E-state index in [-0.39, 0.29) is 5.91 Å². The zero-order valence-electron chi connectivity index (χ0n) is 12.9. The van der Waals surface area contributed by atoms with Crippen LogP contribution < -0.4 is 5.32 Å². The van der Waals surface area contributed by atoms with Crippen LogP contribution >= 0.6 is 0 Å². The summed E-state index contributed by atoms with van der Waals surface area (Å²) in [4.78, 5) is 16.7. The van der Waals surface area contributed by atoms with Crippen LogP contribution in [0.25, 0.3) is 0 Å². The van der Waals surface area contributed by atoms with Gasteiger partial charge < -0.3 is 15.1 Å². The number of aryl methyl sites for hydroxylation is 1. The number of nitrogens with one attached hydrogen (secondary N) is 1. The molecule has 1 saturated heterocycles. The summed E-state index contributed by atoms with van der Waals surface area (Å²) in [6.07, 6.45) is 2.42. The molecule has 20 heavy (non-hydrogen) atoms. The number of nitrogens with zero attached hydrogens (tertiary/aromatic N) is 2. The number of carbonyl (C=O) groups excluding carboxylic acids is 1. The minimum absolute atomic E-state index is 0.107. The van der Waals surface area contributed by atoms with Crippen LogP contribution in [0.3, 0.4) is 0 Å². The van der Waals surface area contributed by atoms with Gasteiger partial charge in [-0.25, -0.2) is 0 Å². The minimum atomic E-state index is 0.107. The Morgan fingerprint density at radius 2 is 2.25 bits per heavy atom. The summed E-state index contributed by atoms with van der Waals surface area (Å²) >= 11 is 0. The van der Waals surface area contributed by atoms with Gasteiger partial charge in [-0.3, -0.25) is 4.79 Å². The molecule has 1 aromatic carbocycles. The van der Waals surface area contributed by atoms with Crippen LogP contribution in [0.2, 0.25) is 0 Å². The lowest BCUT2D eigenvalue weighted by molar-refractivity contribution is 0.0761. The van der Waals surface area contributed by atoms with Crippen molar-refractivity contribution in [2.24, 2.45) is 0 Å². The molecule has 4 nitrogen and oxygen atoms in total. The molecule has 0 aromatic heterocycles. The van der Waals surface area contributed by atoms with Crippen molar-refractivity contribution < 1.29 is 4.79 Å². The molecule has 0 radical (unpaired) electrons. The van der Waals surface area contributed by atoms with Crippen LogP contribution in [0.4, 0.5) is 5.69 Å². The van der Waals surface area contributed by atoms with Gasteiger partial charge in [0.05, 0.1) is 0 Å². The van der Waals surface area contributed by atoms with Gasteiger partial charge in [0.25, 0.3) is 5.91 Å². The second-order valence-corrected chi connectivity index (χ2v) is 5.74. The molecule has 0 bridgehead atoms. The van der Waals surface area contributed by atoms with Crippen molar-refractivity contribution in [1.29, 1.82) is 0 Å². The molecule has 1 aromatic rings. The van der Waals surface area contributed by atoms with Crippen molar-refractivity contribution in [2.45, 2.75) is 25.8 Å². The molecule has 4 heteroatoms. The van der Waals surface area contributed by atoms with Crippen molar-refractivity contribution in [3.05, 3.63) is 29.3 Å². The standard InChI is InChI=1S/C16H25N3O/c1-12-10-13(7-8-15(12)17-2)16(20)19(4)11-14-6-5-9-18(14)3/h7-8,10,14,17H,5-6,9,11H2,1-4H3. The first-order chi connectivity index (χ1) is 9.52. The van der Waals surface area contributed by atoms with Gasteiger partial charge in [0.2, 0.25) is 0 Å². The van der Waals surface area contributed by atoms with Gasteiger partial charge in [0.1, 0.15) is 0 Å². The summed E-state index contributed by atoms with van der Waals surface area (Å²) in [5.41, 5.74) is 2.94. The van der Waals surface area contributed by atoms with Crippen LogP contribution in [0.15, 0.2) is 18.2 Å². The average Bonchev–Trinajstić information content (AvgIpc) is 2.83. The summed E-state index contributed by atoms with van der Waals surface area (Å²) in [5.74, 6) is 0.107. The Hall–Kier alpha value is -1.55. The molecule has 1 unspecified atom stereocenters.